The van der Waals surface area contributed by atoms with E-state index < -0.39 is 0 Å². The van der Waals surface area contributed by atoms with E-state index >= 15 is 0 Å². The van der Waals surface area contributed by atoms with Crippen molar-refractivity contribution >= 4 is 18.0 Å². The number of esters is 2. The van der Waals surface area contributed by atoms with Gasteiger partial charge >= 0.3 is 11.9 Å². The Labute approximate surface area is 271 Å². The number of hydrogen-bond donors (Lipinski definition) is 0. The largest absolute Gasteiger partial charge is 0.493 e. The van der Waals surface area contributed by atoms with Crippen LogP contribution in [0.4, 0.5) is 0 Å². The first-order valence-electron chi connectivity index (χ1n) is 16.5. The number of nitrogens with zero attached hydrogens (tertiary/aromatic N) is 1. The molecule has 1 unspecified atom stereocenters. The van der Waals surface area contributed by atoms with Crippen molar-refractivity contribution in [1.29, 1.82) is 0 Å². The number of hydrogen-bond acceptors (Lipinski definition) is 8. The van der Waals surface area contributed by atoms with Crippen molar-refractivity contribution in [2.24, 2.45) is 5.92 Å². The summed E-state index contributed by atoms with van der Waals surface area (Å²) in [5.74, 6) is 0.699. The number of rotatable bonds is 25. The molecule has 0 saturated carbocycles. The maximum absolute atomic E-state index is 12.1. The van der Waals surface area contributed by atoms with Gasteiger partial charge in [0.25, 0.3) is 0 Å². The van der Waals surface area contributed by atoms with Gasteiger partial charge in [0.2, 0.25) is 0 Å². The van der Waals surface area contributed by atoms with E-state index in [1.807, 2.05) is 49.4 Å². The smallest absolute Gasteiger partial charge is 0.338 e. The van der Waals surface area contributed by atoms with Gasteiger partial charge in [0, 0.05) is 39.3 Å². The Balaban J connectivity index is 1.96. The summed E-state index contributed by atoms with van der Waals surface area (Å²) in [6, 6.07) is 15.8. The number of methoxy groups -OCH3 is 2. The second-order valence-corrected chi connectivity index (χ2v) is 11.1. The van der Waals surface area contributed by atoms with Gasteiger partial charge in [-0.2, -0.15) is 0 Å². The number of allylic oxidation sites excluding steroid dienone is 1. The Morgan fingerprint density at radius 2 is 1.49 bits per heavy atom. The van der Waals surface area contributed by atoms with Gasteiger partial charge in [-0.1, -0.05) is 48.9 Å². The topological polar surface area (TPSA) is 83.5 Å². The summed E-state index contributed by atoms with van der Waals surface area (Å²) in [7, 11) is 3.47. The highest BCUT2D eigenvalue weighted by atomic mass is 16.5. The molecule has 0 aromatic heterocycles. The highest BCUT2D eigenvalue weighted by Gasteiger charge is 2.11. The van der Waals surface area contributed by atoms with Crippen LogP contribution in [-0.2, 0) is 30.2 Å². The Morgan fingerprint density at radius 1 is 0.778 bits per heavy atom. The van der Waals surface area contributed by atoms with E-state index in [9.17, 15) is 9.59 Å². The van der Waals surface area contributed by atoms with E-state index in [2.05, 4.69) is 23.1 Å². The first-order chi connectivity index (χ1) is 22.0. The lowest BCUT2D eigenvalue weighted by molar-refractivity contribution is -0.143. The Morgan fingerprint density at radius 3 is 2.18 bits per heavy atom. The minimum absolute atomic E-state index is 0.139. The lowest BCUT2D eigenvalue weighted by Gasteiger charge is -2.21. The molecule has 45 heavy (non-hydrogen) atoms. The van der Waals surface area contributed by atoms with Crippen LogP contribution in [0.1, 0.15) is 80.3 Å². The van der Waals surface area contributed by atoms with Gasteiger partial charge < -0.3 is 23.7 Å². The van der Waals surface area contributed by atoms with E-state index in [1.165, 1.54) is 0 Å². The van der Waals surface area contributed by atoms with E-state index in [1.54, 1.807) is 21.1 Å². The minimum Gasteiger partial charge on any atom is -0.493 e. The third kappa shape index (κ3) is 16.6. The van der Waals surface area contributed by atoms with Gasteiger partial charge in [-0.05, 0) is 88.6 Å². The minimum atomic E-state index is -0.304. The zero-order valence-corrected chi connectivity index (χ0v) is 28.0. The summed E-state index contributed by atoms with van der Waals surface area (Å²) >= 11 is 0. The second-order valence-electron chi connectivity index (χ2n) is 11.1. The maximum atomic E-state index is 12.1. The molecule has 0 aliphatic rings. The molecule has 0 bridgehead atoms. The highest BCUT2D eigenvalue weighted by molar-refractivity contribution is 5.89. The molecular weight excluding hydrogens is 570 g/mol. The molecule has 2 aromatic rings. The predicted octanol–water partition coefficient (Wildman–Crippen LogP) is 7.00. The SMILES string of the molecule is CCOC(=O)CCCCC(/C=C/c1ccccc1OCCCCCN(CCOC)CCOC)Cc1ccc(C(=O)OCC)cc1. The van der Waals surface area contributed by atoms with Gasteiger partial charge in [-0.15, -0.1) is 0 Å². The Hall–Kier alpha value is -3.20. The summed E-state index contributed by atoms with van der Waals surface area (Å²) in [6.45, 7) is 9.40. The third-order valence-electron chi connectivity index (χ3n) is 7.54. The molecule has 0 N–H and O–H groups in total. The molecule has 0 amide bonds. The summed E-state index contributed by atoms with van der Waals surface area (Å²) < 4.78 is 26.9. The van der Waals surface area contributed by atoms with Crippen LogP contribution < -0.4 is 4.74 Å². The molecule has 0 aliphatic heterocycles. The fourth-order valence-corrected chi connectivity index (χ4v) is 5.03. The highest BCUT2D eigenvalue weighted by Crippen LogP contribution is 2.24. The second kappa shape index (κ2) is 24.1. The fourth-order valence-electron chi connectivity index (χ4n) is 5.03. The van der Waals surface area contributed by atoms with Crippen molar-refractivity contribution in [2.75, 3.05) is 66.9 Å². The molecule has 1 atom stereocenters. The molecule has 0 saturated heterocycles. The standard InChI is InChI=1S/C37H55NO7/c1-5-43-36(39)17-11-8-14-31(30-32-19-22-34(23-20-32)37(40)44-6-2)18-21-33-15-9-10-16-35(33)45-27-13-7-12-24-38(25-28-41-3)26-29-42-4/h9-10,15-16,18-23,31H,5-8,11-14,17,24-30H2,1-4H3/b21-18+. The maximum Gasteiger partial charge on any atom is 0.338 e. The average molecular weight is 626 g/mol. The lowest BCUT2D eigenvalue weighted by atomic mass is 9.92. The summed E-state index contributed by atoms with van der Waals surface area (Å²) in [6.07, 6.45) is 11.5. The van der Waals surface area contributed by atoms with E-state index in [0.29, 0.717) is 31.8 Å². The molecule has 2 rings (SSSR count). The third-order valence-corrected chi connectivity index (χ3v) is 7.54. The lowest BCUT2D eigenvalue weighted by Crippen LogP contribution is -2.31. The number of para-hydroxylation sites is 1. The van der Waals surface area contributed by atoms with Crippen LogP contribution in [0.2, 0.25) is 0 Å². The summed E-state index contributed by atoms with van der Waals surface area (Å²) in [4.78, 5) is 26.3. The zero-order chi connectivity index (χ0) is 32.5. The molecule has 8 heteroatoms. The molecule has 8 nitrogen and oxygen atoms in total. The molecule has 2 aromatic carbocycles. The number of unbranched alkanes of at least 4 members (excludes halogenated alkanes) is 3. The number of ether oxygens (including phenoxy) is 5. The van der Waals surface area contributed by atoms with Gasteiger partial charge in [0.1, 0.15) is 5.75 Å². The van der Waals surface area contributed by atoms with Crippen LogP contribution >= 0.6 is 0 Å². The van der Waals surface area contributed by atoms with E-state index in [4.69, 9.17) is 23.7 Å². The van der Waals surface area contributed by atoms with Crippen LogP contribution in [0.15, 0.2) is 54.6 Å². The van der Waals surface area contributed by atoms with Crippen LogP contribution in [0.3, 0.4) is 0 Å². The Bertz CT molecular complexity index is 1090. The first-order valence-corrected chi connectivity index (χ1v) is 16.5. The van der Waals surface area contributed by atoms with Crippen LogP contribution in [0.5, 0.6) is 5.75 Å². The summed E-state index contributed by atoms with van der Waals surface area (Å²) in [5.41, 5.74) is 2.76. The van der Waals surface area contributed by atoms with Crippen LogP contribution in [-0.4, -0.2) is 83.7 Å². The van der Waals surface area contributed by atoms with E-state index in [-0.39, 0.29) is 17.9 Å². The van der Waals surface area contributed by atoms with Crippen molar-refractivity contribution in [3.05, 3.63) is 71.3 Å². The normalized spacial score (nSPS) is 12.0. The first kappa shape index (κ1) is 38.0. The fraction of sp³-hybridized carbons (Fsp3) is 0.568. The van der Waals surface area contributed by atoms with Crippen molar-refractivity contribution < 1.29 is 33.3 Å². The van der Waals surface area contributed by atoms with Crippen molar-refractivity contribution in [3.63, 3.8) is 0 Å². The Kier molecular flexibility index (Phi) is 20.3. The molecule has 0 radical (unpaired) electrons. The van der Waals surface area contributed by atoms with Gasteiger partial charge in [-0.25, -0.2) is 4.79 Å². The van der Waals surface area contributed by atoms with Crippen LogP contribution in [0.25, 0.3) is 6.08 Å². The molecule has 0 spiro atoms. The molecule has 0 aliphatic carbocycles. The predicted molar refractivity (Wildman–Crippen MR) is 180 cm³/mol. The molecule has 0 fully saturated rings. The average Bonchev–Trinajstić information content (AvgIpc) is 3.05. The van der Waals surface area contributed by atoms with Crippen molar-refractivity contribution in [3.8, 4) is 5.75 Å². The van der Waals surface area contributed by atoms with Crippen molar-refractivity contribution in [1.82, 2.24) is 4.90 Å². The quantitative estimate of drug-likeness (QED) is 0.0862. The number of carbonyl (C=O) groups is 2. The number of benzene rings is 2. The number of carbonyl (C=O) groups excluding carboxylic acids is 2. The zero-order valence-electron chi connectivity index (χ0n) is 28.0. The summed E-state index contributed by atoms with van der Waals surface area (Å²) in [5, 5.41) is 0. The van der Waals surface area contributed by atoms with E-state index in [0.717, 1.165) is 94.7 Å². The van der Waals surface area contributed by atoms with Crippen molar-refractivity contribution in [2.45, 2.75) is 65.2 Å². The molecule has 0 heterocycles. The van der Waals surface area contributed by atoms with Gasteiger partial charge in [-0.3, -0.25) is 9.69 Å². The molecular formula is C37H55NO7. The molecule has 250 valence electrons. The van der Waals surface area contributed by atoms with Crippen LogP contribution in [0, 0.1) is 5.92 Å². The van der Waals surface area contributed by atoms with Gasteiger partial charge in [0.05, 0.1) is 38.6 Å². The monoisotopic (exact) mass is 625 g/mol. The van der Waals surface area contributed by atoms with Gasteiger partial charge in [0.15, 0.2) is 0 Å².